The highest BCUT2D eigenvalue weighted by atomic mass is 16.5. The van der Waals surface area contributed by atoms with Gasteiger partial charge in [0.05, 0.1) is 6.10 Å². The maximum atomic E-state index is 10.0. The minimum absolute atomic E-state index is 0.0370. The van der Waals surface area contributed by atoms with Crippen molar-refractivity contribution in [2.24, 2.45) is 5.73 Å². The van der Waals surface area contributed by atoms with Crippen LogP contribution in [0, 0.1) is 0 Å². The topological polar surface area (TPSA) is 97.2 Å². The van der Waals surface area contributed by atoms with Gasteiger partial charge in [-0.2, -0.15) is 4.98 Å². The lowest BCUT2D eigenvalue weighted by Gasteiger charge is -2.28. The van der Waals surface area contributed by atoms with Gasteiger partial charge in [0.25, 0.3) is 0 Å². The lowest BCUT2D eigenvalue weighted by atomic mass is 9.84. The maximum absolute atomic E-state index is 10.0. The van der Waals surface area contributed by atoms with Gasteiger partial charge in [0.15, 0.2) is 5.82 Å². The molecule has 3 saturated carbocycles. The molecule has 0 spiro atoms. The predicted molar refractivity (Wildman–Crippen MR) is 101 cm³/mol. The fourth-order valence-electron chi connectivity index (χ4n) is 4.46. The number of benzene rings is 1. The number of aromatic nitrogens is 2. The van der Waals surface area contributed by atoms with Gasteiger partial charge in [0.1, 0.15) is 0 Å². The molecule has 0 amide bonds. The Morgan fingerprint density at radius 1 is 1.19 bits per heavy atom. The van der Waals surface area contributed by atoms with Gasteiger partial charge in [-0.1, -0.05) is 35.5 Å². The highest BCUT2D eigenvalue weighted by molar-refractivity contribution is 5.28. The molecule has 4 N–H and O–H groups in total. The summed E-state index contributed by atoms with van der Waals surface area (Å²) in [5.41, 5.74) is 7.37. The molecule has 1 aromatic heterocycles. The van der Waals surface area contributed by atoms with Crippen molar-refractivity contribution in [3.63, 3.8) is 0 Å². The number of hydrogen-bond donors (Lipinski definition) is 3. The molecule has 3 aliphatic carbocycles. The van der Waals surface area contributed by atoms with E-state index in [4.69, 9.17) is 15.2 Å². The van der Waals surface area contributed by atoms with E-state index in [2.05, 4.69) is 40.8 Å². The molecule has 3 aliphatic rings. The fraction of sp³-hybridized carbons (Fsp3) is 0.619. The normalized spacial score (nSPS) is 34.4. The Kier molecular flexibility index (Phi) is 4.30. The maximum Gasteiger partial charge on any atom is 0.229 e. The summed E-state index contributed by atoms with van der Waals surface area (Å²) < 4.78 is 5.59. The molecule has 0 saturated heterocycles. The highest BCUT2D eigenvalue weighted by Gasteiger charge is 2.50. The molecule has 5 atom stereocenters. The van der Waals surface area contributed by atoms with E-state index in [1.807, 2.05) is 0 Å². The van der Waals surface area contributed by atoms with Gasteiger partial charge in [-0.3, -0.25) is 0 Å². The number of nitrogens with two attached hydrogens (primary N) is 1. The van der Waals surface area contributed by atoms with Crippen LogP contribution in [0.3, 0.4) is 0 Å². The third-order valence-corrected chi connectivity index (χ3v) is 6.71. The van der Waals surface area contributed by atoms with Gasteiger partial charge >= 0.3 is 0 Å². The Bertz CT molecular complexity index is 788. The summed E-state index contributed by atoms with van der Waals surface area (Å²) in [7, 11) is 0. The Balaban J connectivity index is 1.19. The second-order valence-corrected chi connectivity index (χ2v) is 8.72. The number of nitrogens with one attached hydrogen (secondary N) is 1. The summed E-state index contributed by atoms with van der Waals surface area (Å²) in [5, 5.41) is 18.1. The van der Waals surface area contributed by atoms with Crippen molar-refractivity contribution in [1.29, 1.82) is 0 Å². The molecule has 1 heterocycles. The van der Waals surface area contributed by atoms with E-state index in [1.165, 1.54) is 12.0 Å². The lowest BCUT2D eigenvalue weighted by Crippen LogP contribution is -2.39. The third kappa shape index (κ3) is 3.42. The number of aliphatic hydroxyl groups excluding tert-OH is 1. The molecule has 144 valence electrons. The van der Waals surface area contributed by atoms with Crippen LogP contribution in [-0.2, 0) is 5.41 Å². The molecule has 0 aliphatic heterocycles. The van der Waals surface area contributed by atoms with Gasteiger partial charge in [0, 0.05) is 35.9 Å². The summed E-state index contributed by atoms with van der Waals surface area (Å²) in [6.07, 6.45) is 5.29. The Labute approximate surface area is 159 Å². The van der Waals surface area contributed by atoms with Crippen LogP contribution in [0.2, 0.25) is 0 Å². The van der Waals surface area contributed by atoms with E-state index in [0.29, 0.717) is 24.3 Å². The van der Waals surface area contributed by atoms with E-state index in [0.717, 1.165) is 38.1 Å². The van der Waals surface area contributed by atoms with Gasteiger partial charge in [-0.15, -0.1) is 0 Å². The molecule has 6 heteroatoms. The number of aliphatic hydroxyl groups is 1. The summed E-state index contributed by atoms with van der Waals surface area (Å²) >= 11 is 0. The second kappa shape index (κ2) is 6.69. The molecule has 6 nitrogen and oxygen atoms in total. The summed E-state index contributed by atoms with van der Waals surface area (Å²) in [4.78, 5) is 4.73. The van der Waals surface area contributed by atoms with Crippen LogP contribution >= 0.6 is 0 Å². The monoisotopic (exact) mass is 368 g/mol. The lowest BCUT2D eigenvalue weighted by molar-refractivity contribution is 0.0910. The van der Waals surface area contributed by atoms with Crippen LogP contribution in [0.1, 0.15) is 67.6 Å². The molecule has 27 heavy (non-hydrogen) atoms. The van der Waals surface area contributed by atoms with Crippen molar-refractivity contribution in [1.82, 2.24) is 15.5 Å². The molecular weight excluding hydrogens is 340 g/mol. The Hall–Kier alpha value is -1.76. The van der Waals surface area contributed by atoms with Crippen LogP contribution in [0.5, 0.6) is 0 Å². The minimum Gasteiger partial charge on any atom is -0.391 e. The van der Waals surface area contributed by atoms with E-state index < -0.39 is 6.10 Å². The van der Waals surface area contributed by atoms with Gasteiger partial charge in [-0.25, -0.2) is 0 Å². The van der Waals surface area contributed by atoms with Crippen LogP contribution in [0.4, 0.5) is 0 Å². The third-order valence-electron chi connectivity index (χ3n) is 6.71. The quantitative estimate of drug-likeness (QED) is 0.723. The minimum atomic E-state index is -0.472. The first-order chi connectivity index (χ1) is 13.1. The van der Waals surface area contributed by atoms with Crippen molar-refractivity contribution in [3.8, 4) is 0 Å². The number of nitrogens with zero attached hydrogens (tertiary/aromatic N) is 2. The number of hydrogen-bond acceptors (Lipinski definition) is 6. The van der Waals surface area contributed by atoms with Crippen LogP contribution in [0.15, 0.2) is 34.9 Å². The van der Waals surface area contributed by atoms with Crippen molar-refractivity contribution in [2.45, 2.75) is 74.0 Å². The molecule has 5 rings (SSSR count). The summed E-state index contributed by atoms with van der Waals surface area (Å²) in [6, 6.07) is 11.2. The van der Waals surface area contributed by atoms with Crippen molar-refractivity contribution in [3.05, 3.63) is 47.6 Å². The molecule has 2 aromatic rings. The first-order valence-electron chi connectivity index (χ1n) is 10.2. The largest absolute Gasteiger partial charge is 0.391 e. The van der Waals surface area contributed by atoms with E-state index in [1.54, 1.807) is 0 Å². The highest BCUT2D eigenvalue weighted by Crippen LogP contribution is 2.48. The molecule has 0 bridgehead atoms. The van der Waals surface area contributed by atoms with E-state index in [-0.39, 0.29) is 17.4 Å². The zero-order chi connectivity index (χ0) is 18.4. The molecule has 1 aromatic carbocycles. The fourth-order valence-corrected chi connectivity index (χ4v) is 4.46. The smallest absolute Gasteiger partial charge is 0.229 e. The predicted octanol–water partition coefficient (Wildman–Crippen LogP) is 2.20. The van der Waals surface area contributed by atoms with Gasteiger partial charge in [0.2, 0.25) is 5.89 Å². The summed E-state index contributed by atoms with van der Waals surface area (Å²) in [6.45, 7) is 0.915. The molecule has 3 unspecified atom stereocenters. The first-order valence-corrected chi connectivity index (χ1v) is 10.2. The van der Waals surface area contributed by atoms with Crippen molar-refractivity contribution in [2.75, 3.05) is 6.54 Å². The van der Waals surface area contributed by atoms with Crippen molar-refractivity contribution < 1.29 is 9.63 Å². The average Bonchev–Trinajstić information content (AvgIpc) is 3.60. The van der Waals surface area contributed by atoms with Crippen molar-refractivity contribution >= 4 is 0 Å². The van der Waals surface area contributed by atoms with Gasteiger partial charge in [-0.05, 0) is 44.1 Å². The zero-order valence-electron chi connectivity index (χ0n) is 15.6. The van der Waals surface area contributed by atoms with E-state index >= 15 is 0 Å². The first kappa shape index (κ1) is 17.3. The number of rotatable bonds is 6. The Morgan fingerprint density at radius 2 is 2.00 bits per heavy atom. The van der Waals surface area contributed by atoms with Crippen LogP contribution in [0.25, 0.3) is 0 Å². The zero-order valence-corrected chi connectivity index (χ0v) is 15.6. The molecular formula is C21H28N4O2. The summed E-state index contributed by atoms with van der Waals surface area (Å²) in [5.74, 6) is 2.29. The van der Waals surface area contributed by atoms with Crippen LogP contribution in [-0.4, -0.2) is 40.0 Å². The average molecular weight is 368 g/mol. The second-order valence-electron chi connectivity index (χ2n) is 8.72. The van der Waals surface area contributed by atoms with E-state index in [9.17, 15) is 5.11 Å². The van der Waals surface area contributed by atoms with Gasteiger partial charge < -0.3 is 20.7 Å². The van der Waals surface area contributed by atoms with Crippen LogP contribution < -0.4 is 11.1 Å². The SMILES string of the molecule is NC1CCC(c2nc(C3(CN[C@@H]4C[C@H]4c4ccccc4)CC3)no2)CC1O. The molecule has 0 radical (unpaired) electrons. The molecule has 3 fully saturated rings. The Morgan fingerprint density at radius 3 is 2.74 bits per heavy atom. The standard InChI is InChI=1S/C21H28N4O2/c22-16-7-6-14(10-18(16)26)19-24-20(25-27-19)21(8-9-21)12-23-17-11-15(17)13-4-2-1-3-5-13/h1-5,14-18,23,26H,6-12,22H2/t14?,15-,16?,17+,18?/m0/s1.